The van der Waals surface area contributed by atoms with Gasteiger partial charge in [-0.25, -0.2) is 4.98 Å². The van der Waals surface area contributed by atoms with Gasteiger partial charge in [-0.3, -0.25) is 0 Å². The summed E-state index contributed by atoms with van der Waals surface area (Å²) in [7, 11) is 1.84. The van der Waals surface area contributed by atoms with Gasteiger partial charge in [-0.05, 0) is 12.1 Å². The first kappa shape index (κ1) is 10.4. The van der Waals surface area contributed by atoms with Crippen molar-refractivity contribution in [1.29, 1.82) is 0 Å². The lowest BCUT2D eigenvalue weighted by molar-refractivity contribution is 0.410. The summed E-state index contributed by atoms with van der Waals surface area (Å²) in [5.41, 5.74) is 0. The lowest BCUT2D eigenvalue weighted by Crippen LogP contribution is -2.07. The first-order chi connectivity index (χ1) is 7.88. The van der Waals surface area contributed by atoms with Crippen LogP contribution < -0.4 is 10.6 Å². The van der Waals surface area contributed by atoms with Crippen molar-refractivity contribution >= 4 is 11.6 Å². The maximum Gasteiger partial charge on any atom is 0.213 e. The fraction of sp³-hybridized carbons (Fsp3) is 0.300. The van der Waals surface area contributed by atoms with Gasteiger partial charge in [0, 0.05) is 20.0 Å². The van der Waals surface area contributed by atoms with Crippen molar-refractivity contribution in [2.24, 2.45) is 0 Å². The quantitative estimate of drug-likeness (QED) is 0.786. The molecule has 0 atom stereocenters. The van der Waals surface area contributed by atoms with Gasteiger partial charge in [-0.1, -0.05) is 11.2 Å². The molecule has 0 spiro atoms. The van der Waals surface area contributed by atoms with Crippen molar-refractivity contribution in [2.45, 2.75) is 6.42 Å². The third-order valence-corrected chi connectivity index (χ3v) is 2.07. The number of pyridine rings is 1. The Hall–Kier alpha value is -2.11. The van der Waals surface area contributed by atoms with Gasteiger partial charge in [0.05, 0.1) is 0 Å². The minimum atomic E-state index is 0.692. The van der Waals surface area contributed by atoms with Crippen molar-refractivity contribution in [3.63, 3.8) is 0 Å². The van der Waals surface area contributed by atoms with Crippen molar-refractivity contribution < 1.29 is 4.52 Å². The summed E-state index contributed by atoms with van der Waals surface area (Å²) in [6.07, 6.45) is 2.04. The zero-order valence-corrected chi connectivity index (χ0v) is 8.97. The van der Waals surface area contributed by atoms with Gasteiger partial charge in [0.25, 0.3) is 0 Å². The number of hydrogen-bond donors (Lipinski definition) is 2. The zero-order chi connectivity index (χ0) is 11.2. The van der Waals surface area contributed by atoms with E-state index in [1.165, 1.54) is 6.39 Å². The molecule has 0 aliphatic rings. The molecule has 0 radical (unpaired) electrons. The molecular weight excluding hydrogens is 206 g/mol. The van der Waals surface area contributed by atoms with E-state index < -0.39 is 0 Å². The molecule has 0 unspecified atom stereocenters. The summed E-state index contributed by atoms with van der Waals surface area (Å²) < 4.78 is 4.64. The Bertz CT molecular complexity index is 429. The molecule has 2 N–H and O–H groups in total. The van der Waals surface area contributed by atoms with E-state index in [-0.39, 0.29) is 0 Å². The molecule has 2 aromatic rings. The highest BCUT2D eigenvalue weighted by Gasteiger charge is 1.99. The van der Waals surface area contributed by atoms with Crippen LogP contribution in [-0.2, 0) is 6.42 Å². The summed E-state index contributed by atoms with van der Waals surface area (Å²) >= 11 is 0. The Balaban J connectivity index is 1.85. The number of aromatic nitrogens is 3. The Morgan fingerprint density at radius 3 is 2.94 bits per heavy atom. The summed E-state index contributed by atoms with van der Waals surface area (Å²) in [5, 5.41) is 9.89. The molecule has 2 aromatic heterocycles. The van der Waals surface area contributed by atoms with Gasteiger partial charge in [0.1, 0.15) is 11.6 Å². The largest absolute Gasteiger partial charge is 0.373 e. The minimum Gasteiger partial charge on any atom is -0.373 e. The highest BCUT2D eigenvalue weighted by atomic mass is 16.5. The average molecular weight is 219 g/mol. The molecule has 0 saturated heterocycles. The monoisotopic (exact) mass is 219 g/mol. The van der Waals surface area contributed by atoms with Crippen molar-refractivity contribution in [2.75, 3.05) is 24.2 Å². The maximum atomic E-state index is 4.64. The molecule has 0 aliphatic heterocycles. The van der Waals surface area contributed by atoms with E-state index >= 15 is 0 Å². The summed E-state index contributed by atoms with van der Waals surface area (Å²) in [6, 6.07) is 5.76. The van der Waals surface area contributed by atoms with Gasteiger partial charge >= 0.3 is 0 Å². The molecule has 0 fully saturated rings. The van der Waals surface area contributed by atoms with E-state index in [1.807, 2.05) is 25.2 Å². The highest BCUT2D eigenvalue weighted by Crippen LogP contribution is 2.07. The van der Waals surface area contributed by atoms with Gasteiger partial charge in [-0.15, -0.1) is 0 Å². The molecule has 2 rings (SSSR count). The molecule has 0 aliphatic carbocycles. The number of anilines is 2. The van der Waals surface area contributed by atoms with Crippen LogP contribution in [-0.4, -0.2) is 28.7 Å². The Morgan fingerprint density at radius 2 is 2.19 bits per heavy atom. The van der Waals surface area contributed by atoms with Gasteiger partial charge in [-0.2, -0.15) is 4.98 Å². The topological polar surface area (TPSA) is 75.9 Å². The number of rotatable bonds is 5. The third kappa shape index (κ3) is 2.69. The standard InChI is InChI=1S/C10H13N5O/c1-11-8-3-2-4-9(14-8)12-6-5-10-13-7-16-15-10/h2-4,7H,5-6H2,1H3,(H2,11,12,14). The van der Waals surface area contributed by atoms with Crippen LogP contribution in [0, 0.1) is 0 Å². The lowest BCUT2D eigenvalue weighted by atomic mass is 10.4. The molecule has 6 nitrogen and oxygen atoms in total. The van der Waals surface area contributed by atoms with Crippen LogP contribution in [0.1, 0.15) is 5.82 Å². The molecule has 0 bridgehead atoms. The van der Waals surface area contributed by atoms with Gasteiger partial charge in [0.15, 0.2) is 5.82 Å². The van der Waals surface area contributed by atoms with Crippen LogP contribution in [0.4, 0.5) is 11.6 Å². The predicted octanol–water partition coefficient (Wildman–Crippen LogP) is 1.16. The van der Waals surface area contributed by atoms with Crippen LogP contribution in [0.5, 0.6) is 0 Å². The molecular formula is C10H13N5O. The first-order valence-corrected chi connectivity index (χ1v) is 5.02. The second-order valence-electron chi connectivity index (χ2n) is 3.18. The smallest absolute Gasteiger partial charge is 0.213 e. The zero-order valence-electron chi connectivity index (χ0n) is 8.97. The molecule has 84 valence electrons. The van der Waals surface area contributed by atoms with E-state index in [0.29, 0.717) is 12.2 Å². The molecule has 16 heavy (non-hydrogen) atoms. The van der Waals surface area contributed by atoms with Crippen LogP contribution in [0.15, 0.2) is 29.1 Å². The summed E-state index contributed by atoms with van der Waals surface area (Å²) in [5.74, 6) is 2.36. The second kappa shape index (κ2) is 5.11. The van der Waals surface area contributed by atoms with Crippen LogP contribution in [0.2, 0.25) is 0 Å². The lowest BCUT2D eigenvalue weighted by Gasteiger charge is -2.05. The minimum absolute atomic E-state index is 0.692. The van der Waals surface area contributed by atoms with Crippen molar-refractivity contribution in [3.8, 4) is 0 Å². The maximum absolute atomic E-state index is 4.64. The fourth-order valence-electron chi connectivity index (χ4n) is 1.28. The molecule has 0 aromatic carbocycles. The van der Waals surface area contributed by atoms with Crippen molar-refractivity contribution in [3.05, 3.63) is 30.4 Å². The number of nitrogens with one attached hydrogen (secondary N) is 2. The summed E-state index contributed by atoms with van der Waals surface area (Å²) in [6.45, 7) is 0.722. The van der Waals surface area contributed by atoms with E-state index in [4.69, 9.17) is 0 Å². The number of nitrogens with zero attached hydrogens (tertiary/aromatic N) is 3. The average Bonchev–Trinajstić information content (AvgIpc) is 2.82. The Labute approximate surface area is 93.1 Å². The Morgan fingerprint density at radius 1 is 1.31 bits per heavy atom. The Kier molecular flexibility index (Phi) is 3.32. The van der Waals surface area contributed by atoms with Crippen LogP contribution >= 0.6 is 0 Å². The van der Waals surface area contributed by atoms with Crippen molar-refractivity contribution in [1.82, 2.24) is 15.1 Å². The molecule has 0 amide bonds. The first-order valence-electron chi connectivity index (χ1n) is 5.02. The fourth-order valence-corrected chi connectivity index (χ4v) is 1.28. The van der Waals surface area contributed by atoms with E-state index in [9.17, 15) is 0 Å². The van der Waals surface area contributed by atoms with E-state index in [2.05, 4.69) is 30.3 Å². The summed E-state index contributed by atoms with van der Waals surface area (Å²) in [4.78, 5) is 8.25. The van der Waals surface area contributed by atoms with Crippen LogP contribution in [0.3, 0.4) is 0 Å². The highest BCUT2D eigenvalue weighted by molar-refractivity contribution is 5.44. The second-order valence-corrected chi connectivity index (χ2v) is 3.18. The SMILES string of the molecule is CNc1cccc(NCCc2ncon2)n1. The van der Waals surface area contributed by atoms with E-state index in [1.54, 1.807) is 0 Å². The number of hydrogen-bond acceptors (Lipinski definition) is 6. The predicted molar refractivity (Wildman–Crippen MR) is 60.3 cm³/mol. The normalized spacial score (nSPS) is 10.1. The van der Waals surface area contributed by atoms with E-state index in [0.717, 1.165) is 18.2 Å². The molecule has 2 heterocycles. The molecule has 0 saturated carbocycles. The van der Waals surface area contributed by atoms with Crippen LogP contribution in [0.25, 0.3) is 0 Å². The van der Waals surface area contributed by atoms with Gasteiger partial charge in [0.2, 0.25) is 6.39 Å². The van der Waals surface area contributed by atoms with Gasteiger partial charge < -0.3 is 15.2 Å². The molecule has 6 heteroatoms. The third-order valence-electron chi connectivity index (χ3n) is 2.07.